The number of nitrogens with zero attached hydrogens (tertiary/aromatic N) is 1. The Morgan fingerprint density at radius 3 is 2.82 bits per heavy atom. The Balaban J connectivity index is 2.64. The molecule has 0 unspecified atom stereocenters. The second-order valence-corrected chi connectivity index (χ2v) is 3.84. The maximum Gasteiger partial charge on any atom is 0.172 e. The summed E-state index contributed by atoms with van der Waals surface area (Å²) in [5.41, 5.74) is 6.47. The van der Waals surface area contributed by atoms with Crippen molar-refractivity contribution in [3.8, 4) is 16.9 Å². The van der Waals surface area contributed by atoms with Crippen LogP contribution in [0.5, 0.6) is 5.75 Å². The van der Waals surface area contributed by atoms with Gasteiger partial charge in [0.15, 0.2) is 11.6 Å². The number of methoxy groups -OCH3 is 1. The van der Waals surface area contributed by atoms with Crippen LogP contribution in [0.4, 0.5) is 10.2 Å². The predicted octanol–water partition coefficient (Wildman–Crippen LogP) is 3.13. The van der Waals surface area contributed by atoms with Gasteiger partial charge in [-0.25, -0.2) is 9.37 Å². The van der Waals surface area contributed by atoms with Gasteiger partial charge in [0.2, 0.25) is 0 Å². The second-order valence-electron chi connectivity index (χ2n) is 3.41. The SMILES string of the molecule is COc1cccc(-c2cc(Cl)cnc2N)c1F. The van der Waals surface area contributed by atoms with Gasteiger partial charge in [-0.05, 0) is 12.1 Å². The summed E-state index contributed by atoms with van der Waals surface area (Å²) in [6.45, 7) is 0. The molecular formula is C12H10ClFN2O. The molecule has 1 heterocycles. The first-order chi connectivity index (χ1) is 8.13. The molecule has 0 aliphatic carbocycles. The molecule has 0 fully saturated rings. The van der Waals surface area contributed by atoms with E-state index in [4.69, 9.17) is 22.1 Å². The summed E-state index contributed by atoms with van der Waals surface area (Å²) in [4.78, 5) is 3.89. The van der Waals surface area contributed by atoms with Gasteiger partial charge >= 0.3 is 0 Å². The maximum atomic E-state index is 14.0. The Morgan fingerprint density at radius 2 is 2.12 bits per heavy atom. The highest BCUT2D eigenvalue weighted by molar-refractivity contribution is 6.30. The summed E-state index contributed by atoms with van der Waals surface area (Å²) in [7, 11) is 1.40. The van der Waals surface area contributed by atoms with Crippen LogP contribution in [0.1, 0.15) is 0 Å². The van der Waals surface area contributed by atoms with E-state index in [0.29, 0.717) is 16.1 Å². The third-order valence-electron chi connectivity index (χ3n) is 2.36. The number of ether oxygens (including phenoxy) is 1. The van der Waals surface area contributed by atoms with Crippen LogP contribution in [0.2, 0.25) is 5.02 Å². The molecule has 0 aliphatic rings. The van der Waals surface area contributed by atoms with Gasteiger partial charge in [0.25, 0.3) is 0 Å². The van der Waals surface area contributed by atoms with E-state index >= 15 is 0 Å². The van der Waals surface area contributed by atoms with Gasteiger partial charge in [0, 0.05) is 17.3 Å². The third kappa shape index (κ3) is 2.17. The van der Waals surface area contributed by atoms with E-state index in [-0.39, 0.29) is 11.6 Å². The molecule has 0 spiro atoms. The molecular weight excluding hydrogens is 243 g/mol. The monoisotopic (exact) mass is 252 g/mol. The lowest BCUT2D eigenvalue weighted by molar-refractivity contribution is 0.387. The Kier molecular flexibility index (Phi) is 3.15. The first kappa shape index (κ1) is 11.7. The van der Waals surface area contributed by atoms with E-state index in [1.165, 1.54) is 19.4 Å². The van der Waals surface area contributed by atoms with Gasteiger partial charge in [0.1, 0.15) is 5.82 Å². The van der Waals surface area contributed by atoms with E-state index in [0.717, 1.165) is 0 Å². The maximum absolute atomic E-state index is 14.0. The van der Waals surface area contributed by atoms with E-state index in [2.05, 4.69) is 4.98 Å². The zero-order valence-corrected chi connectivity index (χ0v) is 9.83. The van der Waals surface area contributed by atoms with Crippen LogP contribution >= 0.6 is 11.6 Å². The first-order valence-electron chi connectivity index (χ1n) is 4.87. The summed E-state index contributed by atoms with van der Waals surface area (Å²) >= 11 is 5.82. The molecule has 1 aromatic carbocycles. The quantitative estimate of drug-likeness (QED) is 0.893. The van der Waals surface area contributed by atoms with Gasteiger partial charge in [-0.3, -0.25) is 0 Å². The van der Waals surface area contributed by atoms with Crippen LogP contribution in [0.25, 0.3) is 11.1 Å². The number of anilines is 1. The molecule has 3 nitrogen and oxygen atoms in total. The molecule has 2 N–H and O–H groups in total. The summed E-state index contributed by atoms with van der Waals surface area (Å²) in [5.74, 6) is -0.103. The fourth-order valence-electron chi connectivity index (χ4n) is 1.54. The highest BCUT2D eigenvalue weighted by atomic mass is 35.5. The van der Waals surface area contributed by atoms with Crippen molar-refractivity contribution in [1.29, 1.82) is 0 Å². The van der Waals surface area contributed by atoms with E-state index in [1.807, 2.05) is 0 Å². The Hall–Kier alpha value is -1.81. The molecule has 0 saturated heterocycles. The summed E-state index contributed by atoms with van der Waals surface area (Å²) in [6.07, 6.45) is 1.42. The topological polar surface area (TPSA) is 48.1 Å². The lowest BCUT2D eigenvalue weighted by Crippen LogP contribution is -1.97. The van der Waals surface area contributed by atoms with Crippen LogP contribution < -0.4 is 10.5 Å². The van der Waals surface area contributed by atoms with Crippen molar-refractivity contribution in [2.24, 2.45) is 0 Å². The molecule has 5 heteroatoms. The molecule has 2 rings (SSSR count). The molecule has 17 heavy (non-hydrogen) atoms. The van der Waals surface area contributed by atoms with Crippen molar-refractivity contribution in [2.45, 2.75) is 0 Å². The molecule has 0 bridgehead atoms. The fraction of sp³-hybridized carbons (Fsp3) is 0.0833. The standard InChI is InChI=1S/C12H10ClFN2O/c1-17-10-4-2-3-8(11(10)14)9-5-7(13)6-16-12(9)15/h2-6H,1H3,(H2,15,16). The minimum atomic E-state index is -0.481. The van der Waals surface area contributed by atoms with E-state index in [1.54, 1.807) is 18.2 Å². The van der Waals surface area contributed by atoms with Gasteiger partial charge in [-0.15, -0.1) is 0 Å². The Morgan fingerprint density at radius 1 is 1.35 bits per heavy atom. The number of halogens is 2. The number of rotatable bonds is 2. The van der Waals surface area contributed by atoms with Gasteiger partial charge < -0.3 is 10.5 Å². The molecule has 0 saturated carbocycles. The molecule has 0 aliphatic heterocycles. The average Bonchev–Trinajstić information content (AvgIpc) is 2.33. The zero-order valence-electron chi connectivity index (χ0n) is 9.08. The molecule has 0 atom stereocenters. The second kappa shape index (κ2) is 4.59. The Bertz CT molecular complexity index is 560. The lowest BCUT2D eigenvalue weighted by Gasteiger charge is -2.09. The molecule has 88 valence electrons. The van der Waals surface area contributed by atoms with E-state index < -0.39 is 5.82 Å². The number of nitrogen functional groups attached to an aromatic ring is 1. The third-order valence-corrected chi connectivity index (χ3v) is 2.57. The van der Waals surface area contributed by atoms with Crippen molar-refractivity contribution in [2.75, 3.05) is 12.8 Å². The van der Waals surface area contributed by atoms with Crippen LogP contribution in [0.3, 0.4) is 0 Å². The minimum absolute atomic E-state index is 0.155. The molecule has 0 radical (unpaired) electrons. The summed E-state index contributed by atoms with van der Waals surface area (Å²) in [5, 5.41) is 0.399. The smallest absolute Gasteiger partial charge is 0.172 e. The number of hydrogen-bond donors (Lipinski definition) is 1. The average molecular weight is 253 g/mol. The number of aromatic nitrogens is 1. The van der Waals surface area contributed by atoms with Gasteiger partial charge in [-0.1, -0.05) is 23.7 Å². The van der Waals surface area contributed by atoms with E-state index in [9.17, 15) is 4.39 Å². The largest absolute Gasteiger partial charge is 0.494 e. The van der Waals surface area contributed by atoms with Gasteiger partial charge in [-0.2, -0.15) is 0 Å². The molecule has 1 aromatic heterocycles. The number of benzene rings is 1. The van der Waals surface area contributed by atoms with Crippen molar-refractivity contribution in [1.82, 2.24) is 4.98 Å². The fourth-order valence-corrected chi connectivity index (χ4v) is 1.70. The van der Waals surface area contributed by atoms with Crippen molar-refractivity contribution in [3.05, 3.63) is 41.3 Å². The summed E-state index contributed by atoms with van der Waals surface area (Å²) < 4.78 is 18.9. The van der Waals surface area contributed by atoms with Crippen LogP contribution in [0.15, 0.2) is 30.5 Å². The summed E-state index contributed by atoms with van der Waals surface area (Å²) in [6, 6.07) is 6.38. The van der Waals surface area contributed by atoms with Gasteiger partial charge in [0.05, 0.1) is 12.1 Å². The minimum Gasteiger partial charge on any atom is -0.494 e. The van der Waals surface area contributed by atoms with Crippen molar-refractivity contribution in [3.63, 3.8) is 0 Å². The number of pyridine rings is 1. The number of nitrogens with two attached hydrogens (primary N) is 1. The molecule has 0 amide bonds. The van der Waals surface area contributed by atoms with Crippen molar-refractivity contribution < 1.29 is 9.13 Å². The van der Waals surface area contributed by atoms with Crippen LogP contribution in [-0.4, -0.2) is 12.1 Å². The normalized spacial score (nSPS) is 10.3. The van der Waals surface area contributed by atoms with Crippen LogP contribution in [0, 0.1) is 5.82 Å². The molecule has 2 aromatic rings. The number of hydrogen-bond acceptors (Lipinski definition) is 3. The highest BCUT2D eigenvalue weighted by Crippen LogP contribution is 2.32. The Labute approximate surface area is 103 Å². The first-order valence-corrected chi connectivity index (χ1v) is 5.25. The lowest BCUT2D eigenvalue weighted by atomic mass is 10.1. The zero-order chi connectivity index (χ0) is 12.4. The highest BCUT2D eigenvalue weighted by Gasteiger charge is 2.13. The van der Waals surface area contributed by atoms with Crippen LogP contribution in [-0.2, 0) is 0 Å². The predicted molar refractivity (Wildman–Crippen MR) is 65.6 cm³/mol. The van der Waals surface area contributed by atoms with Crippen molar-refractivity contribution >= 4 is 17.4 Å².